The molecule has 0 fully saturated rings. The van der Waals surface area contributed by atoms with Crippen molar-refractivity contribution in [3.63, 3.8) is 0 Å². The Hall–Kier alpha value is -1.84. The fourth-order valence-electron chi connectivity index (χ4n) is 1.69. The lowest BCUT2D eigenvalue weighted by Gasteiger charge is -2.09. The Balaban J connectivity index is 2.03. The van der Waals surface area contributed by atoms with Gasteiger partial charge in [-0.2, -0.15) is 0 Å². The van der Waals surface area contributed by atoms with Crippen molar-refractivity contribution in [1.29, 1.82) is 0 Å². The second-order valence-electron chi connectivity index (χ2n) is 4.43. The van der Waals surface area contributed by atoms with E-state index in [2.05, 4.69) is 26.0 Å². The average molecular weight is 405 g/mol. The number of hydrogen-bond donors (Lipinski definition) is 2. The summed E-state index contributed by atoms with van der Waals surface area (Å²) >= 11 is 3.10. The van der Waals surface area contributed by atoms with Gasteiger partial charge in [0.25, 0.3) is 0 Å². The fourth-order valence-corrected chi connectivity index (χ4v) is 3.67. The number of amides is 1. The highest BCUT2D eigenvalue weighted by Gasteiger charge is 2.18. The van der Waals surface area contributed by atoms with E-state index in [-0.39, 0.29) is 10.6 Å². The quantitative estimate of drug-likeness (QED) is 0.804. The third-order valence-electron chi connectivity index (χ3n) is 2.75. The maximum absolute atomic E-state index is 13.4. The van der Waals surface area contributed by atoms with Gasteiger partial charge >= 0.3 is 0 Å². The van der Waals surface area contributed by atoms with E-state index in [0.29, 0.717) is 10.5 Å². The van der Waals surface area contributed by atoms with Crippen LogP contribution in [0.1, 0.15) is 0 Å². The molecule has 0 atom stereocenters. The van der Waals surface area contributed by atoms with Crippen molar-refractivity contribution >= 4 is 37.5 Å². The van der Waals surface area contributed by atoms with Crippen LogP contribution in [-0.2, 0) is 14.8 Å². The van der Waals surface area contributed by atoms with Crippen LogP contribution in [-0.4, -0.2) is 20.9 Å². The zero-order valence-corrected chi connectivity index (χ0v) is 13.9. The molecule has 0 aliphatic heterocycles. The number of carbonyl (C=O) groups excluding carboxylic acids is 1. The smallest absolute Gasteiger partial charge is 0.242 e. The van der Waals surface area contributed by atoms with Crippen LogP contribution in [0.5, 0.6) is 0 Å². The van der Waals surface area contributed by atoms with Crippen molar-refractivity contribution in [3.05, 3.63) is 58.6 Å². The third kappa shape index (κ3) is 4.57. The number of benzene rings is 2. The number of anilines is 1. The number of carbonyl (C=O) groups is 1. The largest absolute Gasteiger partial charge is 0.322 e. The molecular weight excluding hydrogens is 394 g/mol. The summed E-state index contributed by atoms with van der Waals surface area (Å²) in [5.74, 6) is -2.52. The van der Waals surface area contributed by atoms with Crippen LogP contribution in [0.2, 0.25) is 0 Å². The molecule has 0 bridgehead atoms. The minimum atomic E-state index is -3.91. The van der Waals surface area contributed by atoms with E-state index in [1.54, 1.807) is 12.1 Å². The summed E-state index contributed by atoms with van der Waals surface area (Å²) < 4.78 is 52.8. The predicted octanol–water partition coefficient (Wildman–Crippen LogP) is 2.64. The number of nitrogens with one attached hydrogen (secondary N) is 2. The lowest BCUT2D eigenvalue weighted by molar-refractivity contribution is -0.115. The molecule has 0 saturated heterocycles. The van der Waals surface area contributed by atoms with Crippen molar-refractivity contribution in [2.24, 2.45) is 0 Å². The van der Waals surface area contributed by atoms with Crippen LogP contribution < -0.4 is 10.0 Å². The Morgan fingerprint density at radius 1 is 1.13 bits per heavy atom. The molecule has 0 saturated carbocycles. The minimum Gasteiger partial charge on any atom is -0.322 e. The summed E-state index contributed by atoms with van der Waals surface area (Å²) in [6.45, 7) is -0.597. The predicted molar refractivity (Wildman–Crippen MR) is 84.3 cm³/mol. The lowest BCUT2D eigenvalue weighted by atomic mass is 10.3. The molecule has 0 aliphatic carbocycles. The van der Waals surface area contributed by atoms with Crippen molar-refractivity contribution in [1.82, 2.24) is 4.72 Å². The Bertz CT molecular complexity index is 844. The standard InChI is InChI=1S/C14H11BrF2N2O3S/c15-10-3-1-2-4-13(10)23(21,22)18-8-14(20)19-12-6-5-9(16)7-11(12)17/h1-7,18H,8H2,(H,19,20). The summed E-state index contributed by atoms with van der Waals surface area (Å²) in [5.41, 5.74) is -0.239. The Morgan fingerprint density at radius 3 is 2.48 bits per heavy atom. The van der Waals surface area contributed by atoms with Gasteiger partial charge in [-0.15, -0.1) is 0 Å². The molecule has 0 aromatic heterocycles. The van der Waals surface area contributed by atoms with Gasteiger partial charge in [0.1, 0.15) is 11.6 Å². The summed E-state index contributed by atoms with van der Waals surface area (Å²) in [6.07, 6.45) is 0. The van der Waals surface area contributed by atoms with Crippen LogP contribution >= 0.6 is 15.9 Å². The first-order chi connectivity index (χ1) is 10.8. The molecular formula is C14H11BrF2N2O3S. The van der Waals surface area contributed by atoms with Gasteiger partial charge < -0.3 is 5.32 Å². The Labute approximate surface area is 139 Å². The Kier molecular flexibility index (Phi) is 5.45. The van der Waals surface area contributed by atoms with Gasteiger partial charge in [0.05, 0.1) is 17.1 Å². The first-order valence-electron chi connectivity index (χ1n) is 6.29. The van der Waals surface area contributed by atoms with Gasteiger partial charge in [-0.05, 0) is 40.2 Å². The average Bonchev–Trinajstić information content (AvgIpc) is 2.48. The van der Waals surface area contributed by atoms with Crippen LogP contribution in [0, 0.1) is 11.6 Å². The van der Waals surface area contributed by atoms with E-state index in [9.17, 15) is 22.0 Å². The molecule has 0 heterocycles. The molecule has 0 aliphatic rings. The van der Waals surface area contributed by atoms with Gasteiger partial charge in [-0.1, -0.05) is 12.1 Å². The minimum absolute atomic E-state index is 0.0271. The van der Waals surface area contributed by atoms with E-state index in [1.165, 1.54) is 12.1 Å². The van der Waals surface area contributed by atoms with E-state index < -0.39 is 34.1 Å². The molecule has 0 spiro atoms. The van der Waals surface area contributed by atoms with Crippen LogP contribution in [0.3, 0.4) is 0 Å². The summed E-state index contributed by atoms with van der Waals surface area (Å²) in [7, 11) is -3.91. The third-order valence-corrected chi connectivity index (χ3v) is 5.17. The SMILES string of the molecule is O=C(CNS(=O)(=O)c1ccccc1Br)Nc1ccc(F)cc1F. The second kappa shape index (κ2) is 7.16. The number of halogens is 3. The van der Waals surface area contributed by atoms with Crippen LogP contribution in [0.15, 0.2) is 51.8 Å². The normalized spacial score (nSPS) is 11.3. The molecule has 2 aromatic rings. The zero-order chi connectivity index (χ0) is 17.0. The molecule has 2 N–H and O–H groups in total. The van der Waals surface area contributed by atoms with E-state index in [1.807, 2.05) is 0 Å². The molecule has 0 radical (unpaired) electrons. The van der Waals surface area contributed by atoms with Gasteiger partial charge in [0.2, 0.25) is 15.9 Å². The molecule has 2 aromatic carbocycles. The van der Waals surface area contributed by atoms with Crippen LogP contribution in [0.25, 0.3) is 0 Å². The molecule has 122 valence electrons. The summed E-state index contributed by atoms with van der Waals surface area (Å²) in [5, 5.41) is 2.16. The molecule has 0 unspecified atom stereocenters. The number of hydrogen-bond acceptors (Lipinski definition) is 3. The van der Waals surface area contributed by atoms with Crippen LogP contribution in [0.4, 0.5) is 14.5 Å². The topological polar surface area (TPSA) is 75.3 Å². The first-order valence-corrected chi connectivity index (χ1v) is 8.56. The number of sulfonamides is 1. The van der Waals surface area contributed by atoms with Crippen molar-refractivity contribution in [2.75, 3.05) is 11.9 Å². The monoisotopic (exact) mass is 404 g/mol. The van der Waals surface area contributed by atoms with E-state index in [0.717, 1.165) is 12.1 Å². The molecule has 5 nitrogen and oxygen atoms in total. The van der Waals surface area contributed by atoms with E-state index >= 15 is 0 Å². The zero-order valence-electron chi connectivity index (χ0n) is 11.5. The molecule has 9 heteroatoms. The highest BCUT2D eigenvalue weighted by molar-refractivity contribution is 9.10. The lowest BCUT2D eigenvalue weighted by Crippen LogP contribution is -2.33. The fraction of sp³-hybridized carbons (Fsp3) is 0.0714. The molecule has 23 heavy (non-hydrogen) atoms. The maximum Gasteiger partial charge on any atom is 0.242 e. The van der Waals surface area contributed by atoms with E-state index in [4.69, 9.17) is 0 Å². The Morgan fingerprint density at radius 2 is 1.83 bits per heavy atom. The maximum atomic E-state index is 13.4. The highest BCUT2D eigenvalue weighted by Crippen LogP contribution is 2.20. The summed E-state index contributed by atoms with van der Waals surface area (Å²) in [4.78, 5) is 11.7. The molecule has 1 amide bonds. The van der Waals surface area contributed by atoms with Crippen molar-refractivity contribution in [3.8, 4) is 0 Å². The first kappa shape index (κ1) is 17.5. The van der Waals surface area contributed by atoms with Gasteiger partial charge in [0.15, 0.2) is 0 Å². The van der Waals surface area contributed by atoms with Gasteiger partial charge in [-0.3, -0.25) is 4.79 Å². The molecule has 2 rings (SSSR count). The van der Waals surface area contributed by atoms with Gasteiger partial charge in [-0.25, -0.2) is 21.9 Å². The number of rotatable bonds is 5. The van der Waals surface area contributed by atoms with Gasteiger partial charge in [0, 0.05) is 10.5 Å². The summed E-state index contributed by atoms with van der Waals surface area (Å²) in [6, 6.07) is 8.72. The van der Waals surface area contributed by atoms with Crippen molar-refractivity contribution < 1.29 is 22.0 Å². The highest BCUT2D eigenvalue weighted by atomic mass is 79.9. The second-order valence-corrected chi connectivity index (χ2v) is 7.02. The van der Waals surface area contributed by atoms with Crippen molar-refractivity contribution in [2.45, 2.75) is 4.90 Å².